The third-order valence-electron chi connectivity index (χ3n) is 3.21. The van der Waals surface area contributed by atoms with E-state index in [1.807, 2.05) is 0 Å². The van der Waals surface area contributed by atoms with Crippen LogP contribution in [0.1, 0.15) is 0 Å². The molecule has 0 aliphatic carbocycles. The third kappa shape index (κ3) is 2.47. The summed E-state index contributed by atoms with van der Waals surface area (Å²) in [7, 11) is -3.86. The van der Waals surface area contributed by atoms with Crippen molar-refractivity contribution in [2.24, 2.45) is 5.14 Å². The molecule has 0 aliphatic rings. The van der Waals surface area contributed by atoms with Gasteiger partial charge in [0.05, 0.1) is 21.5 Å². The van der Waals surface area contributed by atoms with Gasteiger partial charge < -0.3 is 4.98 Å². The summed E-state index contributed by atoms with van der Waals surface area (Å²) in [5.74, 6) is 0. The van der Waals surface area contributed by atoms with E-state index in [1.165, 1.54) is 22.8 Å². The molecular weight excluding hydrogens is 322 g/mol. The van der Waals surface area contributed by atoms with E-state index < -0.39 is 10.0 Å². The van der Waals surface area contributed by atoms with Gasteiger partial charge in [0.25, 0.3) is 5.56 Å². The first-order valence-electron chi connectivity index (χ1n) is 6.25. The molecule has 22 heavy (non-hydrogen) atoms. The fourth-order valence-corrected chi connectivity index (χ4v) is 3.05. The molecule has 3 aromatic rings. The van der Waals surface area contributed by atoms with E-state index in [1.54, 1.807) is 30.3 Å². The largest absolute Gasteiger partial charge is 0.331 e. The Kier molecular flexibility index (Phi) is 3.44. The molecule has 8 heteroatoms. The van der Waals surface area contributed by atoms with Gasteiger partial charge in [-0.1, -0.05) is 18.2 Å². The van der Waals surface area contributed by atoms with Crippen molar-refractivity contribution in [2.45, 2.75) is 4.90 Å². The topological polar surface area (TPSA) is 97.9 Å². The molecule has 0 radical (unpaired) electrons. The molecule has 112 valence electrons. The summed E-state index contributed by atoms with van der Waals surface area (Å²) in [6, 6.07) is 12.7. The summed E-state index contributed by atoms with van der Waals surface area (Å²) in [4.78, 5) is 15.5. The molecule has 0 unspecified atom stereocenters. The molecule has 3 rings (SSSR count). The van der Waals surface area contributed by atoms with Crippen LogP contribution in [0.4, 0.5) is 0 Å². The molecule has 0 spiro atoms. The van der Waals surface area contributed by atoms with E-state index in [9.17, 15) is 13.2 Å². The van der Waals surface area contributed by atoms with E-state index in [4.69, 9.17) is 17.4 Å². The van der Waals surface area contributed by atoms with E-state index in [2.05, 4.69) is 4.98 Å². The standard InChI is InChI=1S/C14H11N3O3S2/c15-22(19,20)10-5-3-4-9(8-10)17-13(18)11-6-1-2-7-12(11)16-14(17)21/h1-8H,(H,16,21)(H2,15,19,20). The highest BCUT2D eigenvalue weighted by Crippen LogP contribution is 2.14. The van der Waals surface area contributed by atoms with Crippen LogP contribution in [0.5, 0.6) is 0 Å². The lowest BCUT2D eigenvalue weighted by Gasteiger charge is -2.09. The SMILES string of the molecule is NS(=O)(=O)c1cccc(-n2c(=S)[nH]c3ccccc3c2=O)c1. The fraction of sp³-hybridized carbons (Fsp3) is 0. The van der Waals surface area contributed by atoms with Crippen LogP contribution in [0.3, 0.4) is 0 Å². The van der Waals surface area contributed by atoms with Gasteiger partial charge in [0.2, 0.25) is 10.0 Å². The van der Waals surface area contributed by atoms with Crippen molar-refractivity contribution in [1.82, 2.24) is 9.55 Å². The molecule has 2 aromatic carbocycles. The minimum atomic E-state index is -3.86. The van der Waals surface area contributed by atoms with Crippen LogP contribution in [0.15, 0.2) is 58.2 Å². The number of fused-ring (bicyclic) bond motifs is 1. The minimum Gasteiger partial charge on any atom is -0.331 e. The zero-order chi connectivity index (χ0) is 15.9. The number of nitrogens with zero attached hydrogens (tertiary/aromatic N) is 1. The predicted molar refractivity (Wildman–Crippen MR) is 86.1 cm³/mol. The number of sulfonamides is 1. The Balaban J connectivity index is 2.37. The predicted octanol–water partition coefficient (Wildman–Crippen LogP) is 1.70. The third-order valence-corrected chi connectivity index (χ3v) is 4.41. The van der Waals surface area contributed by atoms with Gasteiger partial charge in [0.1, 0.15) is 0 Å². The van der Waals surface area contributed by atoms with Crippen molar-refractivity contribution < 1.29 is 8.42 Å². The highest BCUT2D eigenvalue weighted by molar-refractivity contribution is 7.89. The van der Waals surface area contributed by atoms with E-state index in [0.29, 0.717) is 16.6 Å². The Bertz CT molecular complexity index is 1100. The highest BCUT2D eigenvalue weighted by Gasteiger charge is 2.11. The minimum absolute atomic E-state index is 0.0838. The lowest BCUT2D eigenvalue weighted by molar-refractivity contribution is 0.597. The number of aromatic nitrogens is 2. The molecular formula is C14H11N3O3S2. The van der Waals surface area contributed by atoms with Crippen molar-refractivity contribution in [3.05, 3.63) is 63.7 Å². The quantitative estimate of drug-likeness (QED) is 0.697. The van der Waals surface area contributed by atoms with Crippen LogP contribution < -0.4 is 10.7 Å². The molecule has 1 heterocycles. The zero-order valence-electron chi connectivity index (χ0n) is 11.2. The molecule has 0 aliphatic heterocycles. The summed E-state index contributed by atoms with van der Waals surface area (Å²) < 4.78 is 24.3. The van der Waals surface area contributed by atoms with Gasteiger partial charge >= 0.3 is 0 Å². The average Bonchev–Trinajstić information content (AvgIpc) is 2.47. The van der Waals surface area contributed by atoms with Gasteiger partial charge in [-0.2, -0.15) is 0 Å². The summed E-state index contributed by atoms with van der Waals surface area (Å²) >= 11 is 5.21. The first-order valence-corrected chi connectivity index (χ1v) is 8.21. The summed E-state index contributed by atoms with van der Waals surface area (Å²) in [5.41, 5.74) is 0.630. The van der Waals surface area contributed by atoms with E-state index >= 15 is 0 Å². The maximum absolute atomic E-state index is 12.6. The Morgan fingerprint density at radius 2 is 1.82 bits per heavy atom. The Hall–Kier alpha value is -2.29. The summed E-state index contributed by atoms with van der Waals surface area (Å²) in [5, 5.41) is 5.58. The molecule has 0 saturated carbocycles. The second-order valence-corrected chi connectivity index (χ2v) is 6.61. The van der Waals surface area contributed by atoms with Crippen LogP contribution in [0, 0.1) is 4.77 Å². The number of H-pyrrole nitrogens is 1. The van der Waals surface area contributed by atoms with Gasteiger partial charge in [0, 0.05) is 0 Å². The number of nitrogens with two attached hydrogens (primary N) is 1. The summed E-state index contributed by atoms with van der Waals surface area (Å²) in [6.45, 7) is 0. The number of primary sulfonamides is 1. The van der Waals surface area contributed by atoms with Crippen molar-refractivity contribution in [3.8, 4) is 5.69 Å². The van der Waals surface area contributed by atoms with Gasteiger partial charge in [-0.25, -0.2) is 13.6 Å². The highest BCUT2D eigenvalue weighted by atomic mass is 32.2. The number of aromatic amines is 1. The molecule has 6 nitrogen and oxygen atoms in total. The van der Waals surface area contributed by atoms with Crippen LogP contribution in [0.25, 0.3) is 16.6 Å². The van der Waals surface area contributed by atoms with Gasteiger partial charge in [-0.05, 0) is 42.5 Å². The van der Waals surface area contributed by atoms with Crippen LogP contribution >= 0.6 is 12.2 Å². The van der Waals surface area contributed by atoms with Crippen LogP contribution in [-0.2, 0) is 10.0 Å². The number of hydrogen-bond acceptors (Lipinski definition) is 4. The lowest BCUT2D eigenvalue weighted by atomic mass is 10.2. The van der Waals surface area contributed by atoms with Crippen molar-refractivity contribution >= 4 is 33.1 Å². The first kappa shape index (κ1) is 14.6. The van der Waals surface area contributed by atoms with Crippen LogP contribution in [-0.4, -0.2) is 18.0 Å². The molecule has 0 fully saturated rings. The number of para-hydroxylation sites is 1. The maximum Gasteiger partial charge on any atom is 0.266 e. The molecule has 0 amide bonds. The van der Waals surface area contributed by atoms with E-state index in [0.717, 1.165) is 0 Å². The molecule has 0 saturated heterocycles. The second-order valence-electron chi connectivity index (χ2n) is 4.66. The van der Waals surface area contributed by atoms with Crippen molar-refractivity contribution in [3.63, 3.8) is 0 Å². The van der Waals surface area contributed by atoms with Crippen molar-refractivity contribution in [1.29, 1.82) is 0 Å². The fourth-order valence-electron chi connectivity index (χ4n) is 2.20. The molecule has 0 bridgehead atoms. The van der Waals surface area contributed by atoms with Gasteiger partial charge in [0.15, 0.2) is 4.77 Å². The Morgan fingerprint density at radius 3 is 2.55 bits per heavy atom. The Morgan fingerprint density at radius 1 is 1.09 bits per heavy atom. The zero-order valence-corrected chi connectivity index (χ0v) is 12.8. The molecule has 0 atom stereocenters. The second kappa shape index (κ2) is 5.16. The van der Waals surface area contributed by atoms with Gasteiger partial charge in [-0.3, -0.25) is 9.36 Å². The smallest absolute Gasteiger partial charge is 0.266 e. The number of hydrogen-bond donors (Lipinski definition) is 2. The number of benzene rings is 2. The number of rotatable bonds is 2. The number of nitrogens with one attached hydrogen (secondary N) is 1. The maximum atomic E-state index is 12.6. The normalized spacial score (nSPS) is 11.7. The van der Waals surface area contributed by atoms with Crippen molar-refractivity contribution in [2.75, 3.05) is 0 Å². The lowest BCUT2D eigenvalue weighted by Crippen LogP contribution is -2.21. The molecule has 3 N–H and O–H groups in total. The van der Waals surface area contributed by atoms with Gasteiger partial charge in [-0.15, -0.1) is 0 Å². The monoisotopic (exact) mass is 333 g/mol. The van der Waals surface area contributed by atoms with E-state index in [-0.39, 0.29) is 15.2 Å². The Labute approximate surface area is 130 Å². The van der Waals surface area contributed by atoms with Crippen LogP contribution in [0.2, 0.25) is 0 Å². The molecule has 1 aromatic heterocycles. The first-order chi connectivity index (χ1) is 10.4. The summed E-state index contributed by atoms with van der Waals surface area (Å²) in [6.07, 6.45) is 0. The average molecular weight is 333 g/mol.